The molecule has 0 amide bonds. The molecule has 0 spiro atoms. The summed E-state index contributed by atoms with van der Waals surface area (Å²) in [6.45, 7) is 9.21. The maximum absolute atomic E-state index is 2.35. The summed E-state index contributed by atoms with van der Waals surface area (Å²) in [6.07, 6.45) is 12.2. The molecule has 0 rings (SSSR count). The second-order valence-corrected chi connectivity index (χ2v) is 4.69. The number of allylic oxidation sites excluding steroid dienone is 2. The first-order valence-electron chi connectivity index (χ1n) is 6.93. The highest BCUT2D eigenvalue weighted by Crippen LogP contribution is 2.22. The summed E-state index contributed by atoms with van der Waals surface area (Å²) in [7, 11) is 0. The molecule has 0 unspecified atom stereocenters. The predicted molar refractivity (Wildman–Crippen MR) is 71.3 cm³/mol. The molecule has 0 fully saturated rings. The van der Waals surface area contributed by atoms with Crippen molar-refractivity contribution in [3.63, 3.8) is 0 Å². The zero-order chi connectivity index (χ0) is 11.5. The van der Waals surface area contributed by atoms with Crippen molar-refractivity contribution in [3.05, 3.63) is 11.1 Å². The van der Waals surface area contributed by atoms with Crippen LogP contribution < -0.4 is 0 Å². The van der Waals surface area contributed by atoms with E-state index in [-0.39, 0.29) is 0 Å². The van der Waals surface area contributed by atoms with E-state index in [0.29, 0.717) is 0 Å². The van der Waals surface area contributed by atoms with E-state index >= 15 is 0 Å². The Morgan fingerprint density at radius 2 is 1.27 bits per heavy atom. The molecule has 0 atom stereocenters. The third-order valence-electron chi connectivity index (χ3n) is 3.14. The highest BCUT2D eigenvalue weighted by atomic mass is 14.1. The van der Waals surface area contributed by atoms with Gasteiger partial charge in [-0.2, -0.15) is 0 Å². The van der Waals surface area contributed by atoms with E-state index in [2.05, 4.69) is 27.7 Å². The third kappa shape index (κ3) is 7.64. The summed E-state index contributed by atoms with van der Waals surface area (Å²) in [5.41, 5.74) is 3.45. The molecule has 0 aliphatic carbocycles. The highest BCUT2D eigenvalue weighted by molar-refractivity contribution is 5.12. The first-order valence-corrected chi connectivity index (χ1v) is 6.93. The van der Waals surface area contributed by atoms with Crippen molar-refractivity contribution < 1.29 is 0 Å². The third-order valence-corrected chi connectivity index (χ3v) is 3.14. The van der Waals surface area contributed by atoms with Crippen molar-refractivity contribution >= 4 is 0 Å². The summed E-state index contributed by atoms with van der Waals surface area (Å²) in [4.78, 5) is 0. The Bertz CT molecular complexity index is 165. The van der Waals surface area contributed by atoms with E-state index < -0.39 is 0 Å². The smallest absolute Gasteiger partial charge is 0.0318 e. The maximum atomic E-state index is 2.35. The van der Waals surface area contributed by atoms with Crippen molar-refractivity contribution in [2.24, 2.45) is 0 Å². The monoisotopic (exact) mass is 210 g/mol. The van der Waals surface area contributed by atoms with Crippen LogP contribution in [0, 0.1) is 0 Å². The average molecular weight is 210 g/mol. The Morgan fingerprint density at radius 3 is 1.80 bits per heavy atom. The molecule has 15 heavy (non-hydrogen) atoms. The number of rotatable bonds is 9. The Balaban J connectivity index is 4.09. The molecule has 0 saturated heterocycles. The van der Waals surface area contributed by atoms with Gasteiger partial charge in [0.05, 0.1) is 0 Å². The molecule has 0 bridgehead atoms. The Morgan fingerprint density at radius 1 is 0.667 bits per heavy atom. The van der Waals surface area contributed by atoms with Crippen LogP contribution in [0.3, 0.4) is 0 Å². The Hall–Kier alpha value is -0.260. The molecule has 0 saturated carbocycles. The molecule has 90 valence electrons. The van der Waals surface area contributed by atoms with Crippen LogP contribution in [0.5, 0.6) is 0 Å². The standard InChI is InChI=1S/C15H30/c1-5-8-10-13-15(12-9-6-2)14(4)11-7-3/h5-13H2,1-4H3. The topological polar surface area (TPSA) is 0 Å². The van der Waals surface area contributed by atoms with E-state index in [1.807, 2.05) is 0 Å². The Labute approximate surface area is 97.2 Å². The van der Waals surface area contributed by atoms with Crippen LogP contribution in [-0.2, 0) is 0 Å². The molecule has 0 N–H and O–H groups in total. The lowest BCUT2D eigenvalue weighted by Gasteiger charge is -2.11. The lowest BCUT2D eigenvalue weighted by atomic mass is 9.95. The molecule has 0 aromatic rings. The van der Waals surface area contributed by atoms with Crippen LogP contribution in [0.2, 0.25) is 0 Å². The van der Waals surface area contributed by atoms with Gasteiger partial charge in [0.15, 0.2) is 0 Å². The molecule has 0 aromatic carbocycles. The van der Waals surface area contributed by atoms with Crippen molar-refractivity contribution in [2.75, 3.05) is 0 Å². The summed E-state index contributed by atoms with van der Waals surface area (Å²) >= 11 is 0. The van der Waals surface area contributed by atoms with Gasteiger partial charge in [-0.25, -0.2) is 0 Å². The molecule has 0 nitrogen and oxygen atoms in total. The van der Waals surface area contributed by atoms with Gasteiger partial charge in [-0.1, -0.05) is 57.6 Å². The van der Waals surface area contributed by atoms with Gasteiger partial charge < -0.3 is 0 Å². The molecule has 0 aromatic heterocycles. The minimum absolute atomic E-state index is 1.30. The van der Waals surface area contributed by atoms with Gasteiger partial charge in [0, 0.05) is 0 Å². The van der Waals surface area contributed by atoms with Gasteiger partial charge in [0.2, 0.25) is 0 Å². The number of unbranched alkanes of at least 4 members (excludes halogenated alkanes) is 3. The first-order chi connectivity index (χ1) is 7.26. The minimum Gasteiger partial charge on any atom is -0.0741 e. The lowest BCUT2D eigenvalue weighted by Crippen LogP contribution is -1.91. The van der Waals surface area contributed by atoms with Gasteiger partial charge in [-0.05, 0) is 39.0 Å². The largest absolute Gasteiger partial charge is 0.0741 e. The zero-order valence-corrected chi connectivity index (χ0v) is 11.4. The normalized spacial score (nSPS) is 12.8. The molecule has 0 radical (unpaired) electrons. The van der Waals surface area contributed by atoms with Crippen LogP contribution in [0.15, 0.2) is 11.1 Å². The predicted octanol–water partition coefficient (Wildman–Crippen LogP) is 5.87. The fourth-order valence-electron chi connectivity index (χ4n) is 2.08. The second-order valence-electron chi connectivity index (χ2n) is 4.69. The van der Waals surface area contributed by atoms with Crippen LogP contribution in [-0.4, -0.2) is 0 Å². The zero-order valence-electron chi connectivity index (χ0n) is 11.4. The molecule has 0 heteroatoms. The SMILES string of the molecule is CCCCCC(CCCC)=C(C)CCC. The minimum atomic E-state index is 1.30. The molecule has 0 aliphatic rings. The summed E-state index contributed by atoms with van der Waals surface area (Å²) < 4.78 is 0. The van der Waals surface area contributed by atoms with Crippen LogP contribution in [0.4, 0.5) is 0 Å². The van der Waals surface area contributed by atoms with Crippen molar-refractivity contribution in [3.8, 4) is 0 Å². The van der Waals surface area contributed by atoms with E-state index in [9.17, 15) is 0 Å². The van der Waals surface area contributed by atoms with Crippen molar-refractivity contribution in [1.29, 1.82) is 0 Å². The number of hydrogen-bond donors (Lipinski definition) is 0. The second kappa shape index (κ2) is 10.3. The van der Waals surface area contributed by atoms with E-state index in [4.69, 9.17) is 0 Å². The van der Waals surface area contributed by atoms with Gasteiger partial charge in [-0.3, -0.25) is 0 Å². The van der Waals surface area contributed by atoms with E-state index in [1.165, 1.54) is 57.8 Å². The lowest BCUT2D eigenvalue weighted by molar-refractivity contribution is 0.665. The van der Waals surface area contributed by atoms with Gasteiger partial charge in [0.25, 0.3) is 0 Å². The quantitative estimate of drug-likeness (QED) is 0.329. The van der Waals surface area contributed by atoms with E-state index in [1.54, 1.807) is 11.1 Å². The van der Waals surface area contributed by atoms with Crippen molar-refractivity contribution in [1.82, 2.24) is 0 Å². The molecular formula is C15H30. The summed E-state index contributed by atoms with van der Waals surface area (Å²) in [5, 5.41) is 0. The van der Waals surface area contributed by atoms with Gasteiger partial charge >= 0.3 is 0 Å². The van der Waals surface area contributed by atoms with Crippen LogP contribution in [0.1, 0.15) is 85.5 Å². The maximum Gasteiger partial charge on any atom is -0.0318 e. The summed E-state index contributed by atoms with van der Waals surface area (Å²) in [6, 6.07) is 0. The molecular weight excluding hydrogens is 180 g/mol. The number of hydrogen-bond acceptors (Lipinski definition) is 0. The van der Waals surface area contributed by atoms with Crippen LogP contribution >= 0.6 is 0 Å². The summed E-state index contributed by atoms with van der Waals surface area (Å²) in [5.74, 6) is 0. The fraction of sp³-hybridized carbons (Fsp3) is 0.867. The van der Waals surface area contributed by atoms with Crippen molar-refractivity contribution in [2.45, 2.75) is 85.5 Å². The average Bonchev–Trinajstić information content (AvgIpc) is 2.23. The Kier molecular flexibility index (Phi) is 10.1. The molecule has 0 aliphatic heterocycles. The first kappa shape index (κ1) is 14.7. The van der Waals surface area contributed by atoms with Crippen LogP contribution in [0.25, 0.3) is 0 Å². The van der Waals surface area contributed by atoms with E-state index in [0.717, 1.165) is 0 Å². The van der Waals surface area contributed by atoms with Gasteiger partial charge in [0.1, 0.15) is 0 Å². The molecule has 0 heterocycles. The fourth-order valence-corrected chi connectivity index (χ4v) is 2.08. The van der Waals surface area contributed by atoms with Gasteiger partial charge in [-0.15, -0.1) is 0 Å². The highest BCUT2D eigenvalue weighted by Gasteiger charge is 2.02.